The third kappa shape index (κ3) is 2.09. The van der Waals surface area contributed by atoms with Crippen LogP contribution >= 0.6 is 0 Å². The fourth-order valence-corrected chi connectivity index (χ4v) is 0.713. The van der Waals surface area contributed by atoms with Crippen molar-refractivity contribution in [2.75, 3.05) is 7.05 Å². The molecular weight excluding hydrogens is 130 g/mol. The van der Waals surface area contributed by atoms with Crippen molar-refractivity contribution in [3.05, 3.63) is 11.3 Å². The van der Waals surface area contributed by atoms with Gasteiger partial charge in [-0.1, -0.05) is 6.92 Å². The minimum atomic E-state index is -1.09. The number of nitrogens with one attached hydrogen (secondary N) is 1. The first kappa shape index (κ1) is 9.01. The van der Waals surface area contributed by atoms with Gasteiger partial charge >= 0.3 is 0 Å². The van der Waals surface area contributed by atoms with E-state index in [0.717, 1.165) is 0 Å². The van der Waals surface area contributed by atoms with Crippen molar-refractivity contribution in [2.45, 2.75) is 20.3 Å². The second-order valence-corrected chi connectivity index (χ2v) is 1.99. The Bertz CT molecular complexity index is 161. The van der Waals surface area contributed by atoms with E-state index in [4.69, 9.17) is 0 Å². The molecule has 0 atom stereocenters. The quantitative estimate of drug-likeness (QED) is 0.547. The number of hydrogen-bond acceptors (Lipinski definition) is 3. The molecule has 58 valence electrons. The van der Waals surface area contributed by atoms with Crippen LogP contribution < -0.4 is 10.4 Å². The van der Waals surface area contributed by atoms with Crippen molar-refractivity contribution in [2.24, 2.45) is 0 Å². The molecule has 0 aromatic heterocycles. The van der Waals surface area contributed by atoms with E-state index in [1.165, 1.54) is 0 Å². The summed E-state index contributed by atoms with van der Waals surface area (Å²) in [5, 5.41) is 13.1. The Hall–Kier alpha value is -0.990. The first-order valence-corrected chi connectivity index (χ1v) is 3.22. The monoisotopic (exact) mass is 142 g/mol. The Balaban J connectivity index is 4.45. The Labute approximate surface area is 60.7 Å². The molecule has 0 saturated heterocycles. The van der Waals surface area contributed by atoms with E-state index in [0.29, 0.717) is 17.7 Å². The van der Waals surface area contributed by atoms with Crippen LogP contribution in [0.25, 0.3) is 0 Å². The summed E-state index contributed by atoms with van der Waals surface area (Å²) in [5.74, 6) is -1.09. The third-order valence-corrected chi connectivity index (χ3v) is 1.43. The average molecular weight is 142 g/mol. The summed E-state index contributed by atoms with van der Waals surface area (Å²) < 4.78 is 0. The maximum Gasteiger partial charge on any atom is 0.0691 e. The summed E-state index contributed by atoms with van der Waals surface area (Å²) in [4.78, 5) is 10.3. The number of carbonyl (C=O) groups is 1. The smallest absolute Gasteiger partial charge is 0.0691 e. The van der Waals surface area contributed by atoms with Gasteiger partial charge in [-0.15, -0.1) is 0 Å². The molecule has 0 bridgehead atoms. The normalized spacial score (nSPS) is 12.3. The summed E-state index contributed by atoms with van der Waals surface area (Å²) in [6, 6.07) is 0. The molecule has 1 N–H and O–H groups in total. The topological polar surface area (TPSA) is 52.2 Å². The van der Waals surface area contributed by atoms with Crippen LogP contribution in [0.5, 0.6) is 0 Å². The van der Waals surface area contributed by atoms with Gasteiger partial charge in [-0.05, 0) is 18.9 Å². The molecule has 0 aromatic carbocycles. The van der Waals surface area contributed by atoms with Crippen LogP contribution in [0, 0.1) is 0 Å². The van der Waals surface area contributed by atoms with Gasteiger partial charge in [0.25, 0.3) is 0 Å². The Kier molecular flexibility index (Phi) is 3.54. The minimum absolute atomic E-state index is 0.336. The molecule has 0 radical (unpaired) electrons. The van der Waals surface area contributed by atoms with Crippen molar-refractivity contribution >= 4 is 5.97 Å². The van der Waals surface area contributed by atoms with Crippen molar-refractivity contribution in [3.63, 3.8) is 0 Å². The summed E-state index contributed by atoms with van der Waals surface area (Å²) in [5.41, 5.74) is 1.00. The van der Waals surface area contributed by atoms with Crippen LogP contribution in [0.15, 0.2) is 11.3 Å². The molecule has 0 fully saturated rings. The molecule has 3 nitrogen and oxygen atoms in total. The molecular formula is C7H12NO2-. The van der Waals surface area contributed by atoms with E-state index < -0.39 is 5.97 Å². The van der Waals surface area contributed by atoms with E-state index in [1.54, 1.807) is 20.9 Å². The molecule has 0 aliphatic rings. The van der Waals surface area contributed by atoms with Gasteiger partial charge in [0.2, 0.25) is 0 Å². The standard InChI is InChI=1S/C7H13NO2/c1-4-6(7(9)10)5(2)8-3/h8H,4H2,1-3H3,(H,9,10)/p-1/b6-5-. The molecule has 0 aliphatic heterocycles. The van der Waals surface area contributed by atoms with Crippen LogP contribution in [-0.2, 0) is 4.79 Å². The third-order valence-electron chi connectivity index (χ3n) is 1.43. The number of rotatable bonds is 3. The molecule has 0 unspecified atom stereocenters. The first-order valence-electron chi connectivity index (χ1n) is 3.22. The van der Waals surface area contributed by atoms with E-state index in [2.05, 4.69) is 5.32 Å². The SMILES string of the molecule is CC/C(C(=O)[O-])=C(\C)NC. The van der Waals surface area contributed by atoms with Crippen molar-refractivity contribution < 1.29 is 9.90 Å². The average Bonchev–Trinajstić information content (AvgIpc) is 1.88. The van der Waals surface area contributed by atoms with E-state index >= 15 is 0 Å². The molecule has 0 aromatic rings. The summed E-state index contributed by atoms with van der Waals surface area (Å²) in [7, 11) is 1.69. The number of aliphatic carboxylic acids is 1. The maximum atomic E-state index is 10.3. The number of hydrogen-bond donors (Lipinski definition) is 1. The largest absolute Gasteiger partial charge is 0.545 e. The Morgan fingerprint density at radius 1 is 1.60 bits per heavy atom. The molecule has 0 saturated carbocycles. The summed E-state index contributed by atoms with van der Waals surface area (Å²) >= 11 is 0. The van der Waals surface area contributed by atoms with Gasteiger partial charge in [0, 0.05) is 12.7 Å². The molecule has 10 heavy (non-hydrogen) atoms. The van der Waals surface area contributed by atoms with Crippen LogP contribution in [-0.4, -0.2) is 13.0 Å². The van der Waals surface area contributed by atoms with Gasteiger partial charge < -0.3 is 15.2 Å². The van der Waals surface area contributed by atoms with Crippen molar-refractivity contribution in [3.8, 4) is 0 Å². The summed E-state index contributed by atoms with van der Waals surface area (Å²) in [6.45, 7) is 3.50. The number of allylic oxidation sites excluding steroid dienone is 1. The van der Waals surface area contributed by atoms with Crippen molar-refractivity contribution in [1.29, 1.82) is 0 Å². The minimum Gasteiger partial charge on any atom is -0.545 e. The lowest BCUT2D eigenvalue weighted by Crippen LogP contribution is -2.27. The lowest BCUT2D eigenvalue weighted by Gasteiger charge is -2.09. The lowest BCUT2D eigenvalue weighted by molar-refractivity contribution is -0.299. The highest BCUT2D eigenvalue weighted by Crippen LogP contribution is 2.03. The predicted octanol–water partition coefficient (Wildman–Crippen LogP) is -0.360. The second kappa shape index (κ2) is 3.93. The molecule has 0 aliphatic carbocycles. The van der Waals surface area contributed by atoms with E-state index in [9.17, 15) is 9.90 Å². The van der Waals surface area contributed by atoms with Crippen LogP contribution in [0.1, 0.15) is 20.3 Å². The van der Waals surface area contributed by atoms with Gasteiger partial charge in [-0.2, -0.15) is 0 Å². The predicted molar refractivity (Wildman–Crippen MR) is 37.1 cm³/mol. The van der Waals surface area contributed by atoms with Gasteiger partial charge in [-0.25, -0.2) is 0 Å². The Morgan fingerprint density at radius 3 is 2.20 bits per heavy atom. The first-order chi connectivity index (χ1) is 4.63. The highest BCUT2D eigenvalue weighted by atomic mass is 16.4. The molecule has 0 amide bonds. The van der Waals surface area contributed by atoms with Gasteiger partial charge in [0.15, 0.2) is 0 Å². The number of carboxylic acid groups (broad SMARTS) is 1. The molecule has 0 heterocycles. The highest BCUT2D eigenvalue weighted by molar-refractivity contribution is 5.85. The highest BCUT2D eigenvalue weighted by Gasteiger charge is 1.97. The van der Waals surface area contributed by atoms with Crippen molar-refractivity contribution in [1.82, 2.24) is 5.32 Å². The zero-order valence-electron chi connectivity index (χ0n) is 6.52. The number of carboxylic acids is 1. The van der Waals surface area contributed by atoms with Crippen LogP contribution in [0.4, 0.5) is 0 Å². The van der Waals surface area contributed by atoms with E-state index in [-0.39, 0.29) is 0 Å². The van der Waals surface area contributed by atoms with Gasteiger partial charge in [-0.3, -0.25) is 0 Å². The second-order valence-electron chi connectivity index (χ2n) is 1.99. The van der Waals surface area contributed by atoms with E-state index in [1.807, 2.05) is 0 Å². The molecule has 0 spiro atoms. The maximum absolute atomic E-state index is 10.3. The fourth-order valence-electron chi connectivity index (χ4n) is 0.713. The zero-order valence-corrected chi connectivity index (χ0v) is 6.52. The Morgan fingerprint density at radius 2 is 2.10 bits per heavy atom. The zero-order chi connectivity index (χ0) is 8.15. The van der Waals surface area contributed by atoms with Crippen LogP contribution in [0.3, 0.4) is 0 Å². The van der Waals surface area contributed by atoms with Gasteiger partial charge in [0.05, 0.1) is 5.97 Å². The summed E-state index contributed by atoms with van der Waals surface area (Å²) in [6.07, 6.45) is 0.495. The fraction of sp³-hybridized carbons (Fsp3) is 0.571. The molecule has 3 heteroatoms. The lowest BCUT2D eigenvalue weighted by atomic mass is 10.1. The molecule has 0 rings (SSSR count). The van der Waals surface area contributed by atoms with Gasteiger partial charge in [0.1, 0.15) is 0 Å². The number of carbonyl (C=O) groups excluding carboxylic acids is 1. The van der Waals surface area contributed by atoms with Crippen LogP contribution in [0.2, 0.25) is 0 Å².